The minimum atomic E-state index is -0.234. The molecule has 1 saturated carbocycles. The summed E-state index contributed by atoms with van der Waals surface area (Å²) in [6.45, 7) is 5.14. The van der Waals surface area contributed by atoms with E-state index in [1.807, 2.05) is 36.5 Å². The fourth-order valence-electron chi connectivity index (χ4n) is 4.92. The van der Waals surface area contributed by atoms with Gasteiger partial charge in [-0.25, -0.2) is 9.37 Å². The SMILES string of the molecule is C[C@@H]1[C@H](C)CCC[C@H]1NC(=O)c1ccc(Cn2c(SCc3ccc(F)cc3)nc3ccncc32)cc1. The van der Waals surface area contributed by atoms with Gasteiger partial charge in [-0.3, -0.25) is 9.78 Å². The second-order valence-corrected chi connectivity index (χ2v) is 10.7. The largest absolute Gasteiger partial charge is 0.349 e. The highest BCUT2D eigenvalue weighted by atomic mass is 32.2. The van der Waals surface area contributed by atoms with E-state index in [1.54, 1.807) is 30.1 Å². The Hall–Kier alpha value is -3.19. The van der Waals surface area contributed by atoms with Gasteiger partial charge >= 0.3 is 0 Å². The summed E-state index contributed by atoms with van der Waals surface area (Å²) in [5.41, 5.74) is 4.65. The monoisotopic (exact) mass is 502 g/mol. The quantitative estimate of drug-likeness (QED) is 0.295. The number of hydrogen-bond acceptors (Lipinski definition) is 4. The van der Waals surface area contributed by atoms with E-state index in [9.17, 15) is 9.18 Å². The Bertz CT molecular complexity index is 1340. The van der Waals surface area contributed by atoms with Gasteiger partial charge in [0.05, 0.1) is 23.8 Å². The maximum Gasteiger partial charge on any atom is 0.251 e. The molecule has 186 valence electrons. The number of benzene rings is 2. The molecule has 0 radical (unpaired) electrons. The molecule has 5 rings (SSSR count). The normalized spacial score (nSPS) is 19.9. The van der Waals surface area contributed by atoms with Gasteiger partial charge in [-0.1, -0.05) is 62.7 Å². The molecule has 0 bridgehead atoms. The molecule has 1 aliphatic carbocycles. The van der Waals surface area contributed by atoms with Crippen molar-refractivity contribution in [3.8, 4) is 0 Å². The highest BCUT2D eigenvalue weighted by molar-refractivity contribution is 7.98. The molecule has 1 N–H and O–H groups in total. The summed E-state index contributed by atoms with van der Waals surface area (Å²) < 4.78 is 15.4. The lowest BCUT2D eigenvalue weighted by atomic mass is 9.78. The van der Waals surface area contributed by atoms with Crippen LogP contribution < -0.4 is 5.32 Å². The Labute approximate surface area is 215 Å². The maximum atomic E-state index is 13.3. The Balaban J connectivity index is 1.31. The molecule has 5 nitrogen and oxygen atoms in total. The third-order valence-corrected chi connectivity index (χ3v) is 8.42. The van der Waals surface area contributed by atoms with Crippen molar-refractivity contribution >= 4 is 28.7 Å². The fourth-order valence-corrected chi connectivity index (χ4v) is 5.89. The number of pyridine rings is 1. The van der Waals surface area contributed by atoms with E-state index in [0.29, 0.717) is 29.7 Å². The summed E-state index contributed by atoms with van der Waals surface area (Å²) in [6.07, 6.45) is 7.04. The molecule has 2 aromatic carbocycles. The number of halogens is 1. The maximum absolute atomic E-state index is 13.3. The molecule has 3 atom stereocenters. The first-order chi connectivity index (χ1) is 17.5. The molecule has 0 aliphatic heterocycles. The summed E-state index contributed by atoms with van der Waals surface area (Å²) in [5.74, 6) is 1.59. The third kappa shape index (κ3) is 5.46. The van der Waals surface area contributed by atoms with Crippen molar-refractivity contribution in [3.63, 3.8) is 0 Å². The van der Waals surface area contributed by atoms with Crippen molar-refractivity contribution in [3.05, 3.63) is 89.5 Å². The van der Waals surface area contributed by atoms with Crippen LogP contribution in [0.5, 0.6) is 0 Å². The van der Waals surface area contributed by atoms with Crippen LogP contribution in [0.3, 0.4) is 0 Å². The zero-order chi connectivity index (χ0) is 25.1. The van der Waals surface area contributed by atoms with Crippen molar-refractivity contribution in [2.24, 2.45) is 11.8 Å². The van der Waals surface area contributed by atoms with E-state index in [-0.39, 0.29) is 17.8 Å². The van der Waals surface area contributed by atoms with Crippen LogP contribution in [0.1, 0.15) is 54.6 Å². The lowest BCUT2D eigenvalue weighted by Crippen LogP contribution is -2.43. The van der Waals surface area contributed by atoms with Crippen LogP contribution in [0.15, 0.2) is 72.1 Å². The average Bonchev–Trinajstić information content (AvgIpc) is 3.24. The van der Waals surface area contributed by atoms with Crippen LogP contribution in [0.2, 0.25) is 0 Å². The van der Waals surface area contributed by atoms with E-state index in [4.69, 9.17) is 4.98 Å². The first kappa shape index (κ1) is 24.5. The fraction of sp³-hybridized carbons (Fsp3) is 0.345. The first-order valence-corrected chi connectivity index (χ1v) is 13.5. The lowest BCUT2D eigenvalue weighted by Gasteiger charge is -2.34. The third-order valence-electron chi connectivity index (χ3n) is 7.38. The topological polar surface area (TPSA) is 59.8 Å². The van der Waals surface area contributed by atoms with Gasteiger partial charge < -0.3 is 9.88 Å². The number of rotatable bonds is 7. The number of carbonyl (C=O) groups is 1. The minimum absolute atomic E-state index is 0.000299. The van der Waals surface area contributed by atoms with Crippen molar-refractivity contribution in [2.45, 2.75) is 56.6 Å². The molecule has 2 heterocycles. The average molecular weight is 503 g/mol. The van der Waals surface area contributed by atoms with Gasteiger partial charge in [-0.05, 0) is 59.7 Å². The predicted octanol–water partition coefficient (Wildman–Crippen LogP) is 6.47. The van der Waals surface area contributed by atoms with Crippen molar-refractivity contribution in [2.75, 3.05) is 0 Å². The van der Waals surface area contributed by atoms with Gasteiger partial charge in [-0.2, -0.15) is 0 Å². The first-order valence-electron chi connectivity index (χ1n) is 12.6. The Morgan fingerprint density at radius 1 is 1.06 bits per heavy atom. The Kier molecular flexibility index (Phi) is 7.37. The second kappa shape index (κ2) is 10.8. The number of hydrogen-bond donors (Lipinski definition) is 1. The summed E-state index contributed by atoms with van der Waals surface area (Å²) in [5, 5.41) is 4.14. The minimum Gasteiger partial charge on any atom is -0.349 e. The van der Waals surface area contributed by atoms with Crippen molar-refractivity contribution in [1.82, 2.24) is 19.9 Å². The molecule has 7 heteroatoms. The number of nitrogens with zero attached hydrogens (tertiary/aromatic N) is 3. The van der Waals surface area contributed by atoms with Crippen LogP contribution in [-0.2, 0) is 12.3 Å². The van der Waals surface area contributed by atoms with E-state index < -0.39 is 0 Å². The summed E-state index contributed by atoms with van der Waals surface area (Å²) in [7, 11) is 0. The molecule has 1 amide bonds. The van der Waals surface area contributed by atoms with Gasteiger partial charge in [-0.15, -0.1) is 0 Å². The number of thioether (sulfide) groups is 1. The molecule has 0 spiro atoms. The highest BCUT2D eigenvalue weighted by Gasteiger charge is 2.28. The number of fused-ring (bicyclic) bond motifs is 1. The van der Waals surface area contributed by atoms with Gasteiger partial charge in [0.2, 0.25) is 0 Å². The second-order valence-electron chi connectivity index (χ2n) is 9.80. The van der Waals surface area contributed by atoms with Crippen LogP contribution in [0.25, 0.3) is 11.0 Å². The molecule has 0 saturated heterocycles. The number of aromatic nitrogens is 3. The standard InChI is InChI=1S/C29H31FN4OS/c1-19-4-3-5-25(20(19)2)32-28(35)23-10-6-21(7-11-23)17-34-27-16-31-15-14-26(27)33-29(34)36-18-22-8-12-24(30)13-9-22/h6-16,19-20,25H,3-5,17-18H2,1-2H3,(H,32,35)/t19-,20-,25-/m1/s1. The summed E-state index contributed by atoms with van der Waals surface area (Å²) >= 11 is 1.62. The van der Waals surface area contributed by atoms with Gasteiger partial charge in [0.25, 0.3) is 5.91 Å². The molecule has 1 fully saturated rings. The van der Waals surface area contributed by atoms with Crippen molar-refractivity contribution in [1.29, 1.82) is 0 Å². The highest BCUT2D eigenvalue weighted by Crippen LogP contribution is 2.30. The van der Waals surface area contributed by atoms with Gasteiger partial charge in [0, 0.05) is 23.6 Å². The van der Waals surface area contributed by atoms with Crippen LogP contribution in [0, 0.1) is 17.7 Å². The molecule has 4 aromatic rings. The van der Waals surface area contributed by atoms with Crippen LogP contribution >= 0.6 is 11.8 Å². The number of imidazole rings is 1. The Morgan fingerprint density at radius 3 is 2.58 bits per heavy atom. The van der Waals surface area contributed by atoms with Gasteiger partial charge in [0.1, 0.15) is 5.82 Å². The smallest absolute Gasteiger partial charge is 0.251 e. The number of amides is 1. The number of carbonyl (C=O) groups excluding carboxylic acids is 1. The van der Waals surface area contributed by atoms with Crippen molar-refractivity contribution < 1.29 is 9.18 Å². The van der Waals surface area contributed by atoms with Gasteiger partial charge in [0.15, 0.2) is 5.16 Å². The van der Waals surface area contributed by atoms with Crippen LogP contribution in [0.4, 0.5) is 4.39 Å². The van der Waals surface area contributed by atoms with E-state index in [2.05, 4.69) is 28.7 Å². The zero-order valence-electron chi connectivity index (χ0n) is 20.7. The molecule has 2 aromatic heterocycles. The molecular formula is C29H31FN4OS. The molecular weight excluding hydrogens is 471 g/mol. The summed E-state index contributed by atoms with van der Waals surface area (Å²) in [6, 6.07) is 16.6. The van der Waals surface area contributed by atoms with E-state index in [0.717, 1.165) is 33.7 Å². The predicted molar refractivity (Wildman–Crippen MR) is 142 cm³/mol. The molecule has 0 unspecified atom stereocenters. The van der Waals surface area contributed by atoms with E-state index in [1.165, 1.54) is 25.0 Å². The lowest BCUT2D eigenvalue weighted by molar-refractivity contribution is 0.0891. The molecule has 36 heavy (non-hydrogen) atoms. The number of nitrogens with one attached hydrogen (secondary N) is 1. The molecule has 1 aliphatic rings. The van der Waals surface area contributed by atoms with E-state index >= 15 is 0 Å². The van der Waals surface area contributed by atoms with Crippen LogP contribution in [-0.4, -0.2) is 26.5 Å². The zero-order valence-corrected chi connectivity index (χ0v) is 21.5. The summed E-state index contributed by atoms with van der Waals surface area (Å²) in [4.78, 5) is 22.0. The Morgan fingerprint density at radius 2 is 1.81 bits per heavy atom.